The standard InChI is InChI=1S/C14H11FN2O3/c15-12-6-5-10(8-16-12)17-13(18)7-9-3-1-2-4-11(9)14(19)20/h1-6,8H,7H2,(H,17,18)(H,19,20). The zero-order valence-electron chi connectivity index (χ0n) is 10.3. The number of anilines is 1. The van der Waals surface area contributed by atoms with Crippen LogP contribution in [0.2, 0.25) is 0 Å². The lowest BCUT2D eigenvalue weighted by Gasteiger charge is -2.07. The van der Waals surface area contributed by atoms with Gasteiger partial charge in [0.1, 0.15) is 0 Å². The van der Waals surface area contributed by atoms with Crippen molar-refractivity contribution >= 4 is 17.6 Å². The number of nitrogens with zero attached hydrogens (tertiary/aromatic N) is 1. The number of nitrogens with one attached hydrogen (secondary N) is 1. The molecule has 0 unspecified atom stereocenters. The highest BCUT2D eigenvalue weighted by molar-refractivity contribution is 5.95. The van der Waals surface area contributed by atoms with E-state index in [0.717, 1.165) is 6.07 Å². The van der Waals surface area contributed by atoms with Crippen LogP contribution in [0.4, 0.5) is 10.1 Å². The van der Waals surface area contributed by atoms with Crippen LogP contribution in [0, 0.1) is 5.95 Å². The van der Waals surface area contributed by atoms with Gasteiger partial charge in [0.15, 0.2) is 0 Å². The van der Waals surface area contributed by atoms with Crippen LogP contribution < -0.4 is 5.32 Å². The summed E-state index contributed by atoms with van der Waals surface area (Å²) < 4.78 is 12.6. The van der Waals surface area contributed by atoms with Crippen LogP contribution in [0.5, 0.6) is 0 Å². The van der Waals surface area contributed by atoms with Gasteiger partial charge in [-0.3, -0.25) is 4.79 Å². The van der Waals surface area contributed by atoms with Gasteiger partial charge in [-0.05, 0) is 23.8 Å². The number of carbonyl (C=O) groups is 2. The molecule has 0 saturated carbocycles. The molecule has 5 nitrogen and oxygen atoms in total. The minimum absolute atomic E-state index is 0.0832. The molecule has 0 aliphatic rings. The third-order valence-electron chi connectivity index (χ3n) is 2.61. The lowest BCUT2D eigenvalue weighted by Crippen LogP contribution is -2.16. The first kappa shape index (κ1) is 13.7. The largest absolute Gasteiger partial charge is 0.478 e. The number of carboxylic acids is 1. The van der Waals surface area contributed by atoms with E-state index in [1.165, 1.54) is 18.3 Å². The number of hydrogen-bond acceptors (Lipinski definition) is 3. The van der Waals surface area contributed by atoms with E-state index in [4.69, 9.17) is 5.11 Å². The molecule has 1 aromatic heterocycles. The zero-order valence-corrected chi connectivity index (χ0v) is 10.3. The molecule has 0 aliphatic heterocycles. The van der Waals surface area contributed by atoms with Crippen LogP contribution >= 0.6 is 0 Å². The molecule has 2 aromatic rings. The third-order valence-corrected chi connectivity index (χ3v) is 2.61. The van der Waals surface area contributed by atoms with E-state index < -0.39 is 17.8 Å². The van der Waals surface area contributed by atoms with Crippen molar-refractivity contribution in [3.63, 3.8) is 0 Å². The number of carbonyl (C=O) groups excluding carboxylic acids is 1. The van der Waals surface area contributed by atoms with Crippen molar-refractivity contribution in [1.82, 2.24) is 4.98 Å². The minimum atomic E-state index is -1.09. The summed E-state index contributed by atoms with van der Waals surface area (Å²) in [6, 6.07) is 8.77. The summed E-state index contributed by atoms with van der Waals surface area (Å²) in [5.74, 6) is -2.12. The Morgan fingerprint density at radius 2 is 1.95 bits per heavy atom. The SMILES string of the molecule is O=C(Cc1ccccc1C(=O)O)Nc1ccc(F)nc1. The second kappa shape index (κ2) is 5.92. The molecule has 0 radical (unpaired) electrons. The summed E-state index contributed by atoms with van der Waals surface area (Å²) in [6.07, 6.45) is 1.11. The Morgan fingerprint density at radius 1 is 1.20 bits per heavy atom. The average molecular weight is 274 g/mol. The Hall–Kier alpha value is -2.76. The van der Waals surface area contributed by atoms with Crippen molar-refractivity contribution in [1.29, 1.82) is 0 Å². The van der Waals surface area contributed by atoms with E-state index in [9.17, 15) is 14.0 Å². The number of rotatable bonds is 4. The molecule has 0 bridgehead atoms. The van der Waals surface area contributed by atoms with Crippen LogP contribution in [-0.2, 0) is 11.2 Å². The van der Waals surface area contributed by atoms with E-state index in [1.807, 2.05) is 0 Å². The van der Waals surface area contributed by atoms with E-state index in [1.54, 1.807) is 18.2 Å². The highest BCUT2D eigenvalue weighted by Gasteiger charge is 2.12. The summed E-state index contributed by atoms with van der Waals surface area (Å²) in [5.41, 5.74) is 0.844. The second-order valence-corrected chi connectivity index (χ2v) is 4.06. The van der Waals surface area contributed by atoms with Gasteiger partial charge < -0.3 is 10.4 Å². The Kier molecular flexibility index (Phi) is 4.05. The molecule has 2 rings (SSSR count). The molecule has 102 valence electrons. The molecule has 1 amide bonds. The van der Waals surface area contributed by atoms with E-state index in [2.05, 4.69) is 10.3 Å². The molecular formula is C14H11FN2O3. The highest BCUT2D eigenvalue weighted by atomic mass is 19.1. The van der Waals surface area contributed by atoms with Crippen LogP contribution in [0.1, 0.15) is 15.9 Å². The van der Waals surface area contributed by atoms with Gasteiger partial charge in [0.2, 0.25) is 11.9 Å². The smallest absolute Gasteiger partial charge is 0.335 e. The fraction of sp³-hybridized carbons (Fsp3) is 0.0714. The second-order valence-electron chi connectivity index (χ2n) is 4.06. The van der Waals surface area contributed by atoms with Gasteiger partial charge in [0.05, 0.1) is 23.9 Å². The van der Waals surface area contributed by atoms with E-state index >= 15 is 0 Å². The molecule has 0 atom stereocenters. The van der Waals surface area contributed by atoms with Crippen molar-refractivity contribution in [2.45, 2.75) is 6.42 Å². The summed E-state index contributed by atoms with van der Waals surface area (Å²) >= 11 is 0. The van der Waals surface area contributed by atoms with Gasteiger partial charge in [-0.1, -0.05) is 18.2 Å². The zero-order chi connectivity index (χ0) is 14.5. The van der Waals surface area contributed by atoms with Gasteiger partial charge in [0, 0.05) is 0 Å². The summed E-state index contributed by atoms with van der Waals surface area (Å²) in [5, 5.41) is 11.5. The van der Waals surface area contributed by atoms with Gasteiger partial charge in [-0.15, -0.1) is 0 Å². The number of carboxylic acid groups (broad SMARTS) is 1. The van der Waals surface area contributed by atoms with Gasteiger partial charge in [-0.25, -0.2) is 9.78 Å². The molecule has 0 fully saturated rings. The number of aromatic nitrogens is 1. The minimum Gasteiger partial charge on any atom is -0.478 e. The normalized spacial score (nSPS) is 10.1. The van der Waals surface area contributed by atoms with Gasteiger partial charge in [-0.2, -0.15) is 4.39 Å². The highest BCUT2D eigenvalue weighted by Crippen LogP contribution is 2.11. The lowest BCUT2D eigenvalue weighted by molar-refractivity contribution is -0.115. The number of aromatic carboxylic acids is 1. The predicted octanol–water partition coefficient (Wildman–Crippen LogP) is 2.10. The molecule has 0 saturated heterocycles. The molecule has 6 heteroatoms. The molecule has 2 N–H and O–H groups in total. The third kappa shape index (κ3) is 3.38. The number of benzene rings is 1. The van der Waals surface area contributed by atoms with Crippen molar-refractivity contribution in [3.8, 4) is 0 Å². The maximum absolute atomic E-state index is 12.6. The molecular weight excluding hydrogens is 263 g/mol. The van der Waals surface area contributed by atoms with Crippen molar-refractivity contribution in [2.75, 3.05) is 5.32 Å². The van der Waals surface area contributed by atoms with Gasteiger partial charge in [0.25, 0.3) is 0 Å². The first-order valence-corrected chi connectivity index (χ1v) is 5.79. The van der Waals surface area contributed by atoms with E-state index in [0.29, 0.717) is 11.3 Å². The summed E-state index contributed by atoms with van der Waals surface area (Å²) in [7, 11) is 0. The maximum atomic E-state index is 12.6. The monoisotopic (exact) mass is 274 g/mol. The quantitative estimate of drug-likeness (QED) is 0.837. The Bertz CT molecular complexity index is 641. The lowest BCUT2D eigenvalue weighted by atomic mass is 10.0. The van der Waals surface area contributed by atoms with Crippen molar-refractivity contribution in [3.05, 3.63) is 59.7 Å². The summed E-state index contributed by atoms with van der Waals surface area (Å²) in [6.45, 7) is 0. The Balaban J connectivity index is 2.08. The molecule has 0 aliphatic carbocycles. The predicted molar refractivity (Wildman–Crippen MR) is 69.9 cm³/mol. The average Bonchev–Trinajstić information content (AvgIpc) is 2.41. The summed E-state index contributed by atoms with van der Waals surface area (Å²) in [4.78, 5) is 26.2. The van der Waals surface area contributed by atoms with Crippen molar-refractivity contribution in [2.24, 2.45) is 0 Å². The number of hydrogen-bond donors (Lipinski definition) is 2. The first-order chi connectivity index (χ1) is 9.56. The fourth-order valence-corrected chi connectivity index (χ4v) is 1.71. The molecule has 0 spiro atoms. The first-order valence-electron chi connectivity index (χ1n) is 5.79. The van der Waals surface area contributed by atoms with Crippen LogP contribution in [0.25, 0.3) is 0 Å². The van der Waals surface area contributed by atoms with Crippen LogP contribution in [-0.4, -0.2) is 22.0 Å². The van der Waals surface area contributed by atoms with Crippen molar-refractivity contribution < 1.29 is 19.1 Å². The Morgan fingerprint density at radius 3 is 2.60 bits per heavy atom. The maximum Gasteiger partial charge on any atom is 0.335 e. The van der Waals surface area contributed by atoms with Gasteiger partial charge >= 0.3 is 5.97 Å². The van der Waals surface area contributed by atoms with Crippen LogP contribution in [0.15, 0.2) is 42.6 Å². The molecule has 1 heterocycles. The topological polar surface area (TPSA) is 79.3 Å². The number of amides is 1. The van der Waals surface area contributed by atoms with E-state index in [-0.39, 0.29) is 12.0 Å². The molecule has 1 aromatic carbocycles. The fourth-order valence-electron chi connectivity index (χ4n) is 1.71. The number of halogens is 1. The molecule has 20 heavy (non-hydrogen) atoms. The number of pyridine rings is 1. The Labute approximate surface area is 114 Å². The van der Waals surface area contributed by atoms with Crippen LogP contribution in [0.3, 0.4) is 0 Å².